The van der Waals surface area contributed by atoms with Gasteiger partial charge in [0.05, 0.1) is 6.61 Å². The standard InChI is InChI=1S/C31H41N3O2/c1-7-23-14-11-15-24(8-2)29(23)30-32-22(4)27(31(33-30)36-21(3)20-35-6)19-34(5)28-18-12-16-25-13-9-10-17-26(25)28/h9-11,13-15,17,21,28H,7-8,12,16,18-20H2,1-6H3/t21-,28?/m0/s1. The van der Waals surface area contributed by atoms with E-state index >= 15 is 0 Å². The molecule has 0 fully saturated rings. The van der Waals surface area contributed by atoms with Crippen molar-refractivity contribution in [1.82, 2.24) is 14.9 Å². The van der Waals surface area contributed by atoms with Crippen LogP contribution in [0.5, 0.6) is 5.88 Å². The number of ether oxygens (including phenoxy) is 2. The van der Waals surface area contributed by atoms with E-state index in [0.717, 1.165) is 54.9 Å². The number of fused-ring (bicyclic) bond motifs is 1. The summed E-state index contributed by atoms with van der Waals surface area (Å²) in [6.07, 6.45) is 5.30. The maximum atomic E-state index is 6.43. The normalized spacial score (nSPS) is 16.1. The topological polar surface area (TPSA) is 47.5 Å². The van der Waals surface area contributed by atoms with E-state index in [1.54, 1.807) is 7.11 Å². The number of methoxy groups -OCH3 is 1. The number of benzene rings is 2. The molecule has 0 amide bonds. The zero-order valence-corrected chi connectivity index (χ0v) is 22.8. The maximum Gasteiger partial charge on any atom is 0.222 e. The predicted molar refractivity (Wildman–Crippen MR) is 147 cm³/mol. The fourth-order valence-electron chi connectivity index (χ4n) is 5.50. The van der Waals surface area contributed by atoms with Crippen molar-refractivity contribution < 1.29 is 9.47 Å². The summed E-state index contributed by atoms with van der Waals surface area (Å²) in [5.74, 6) is 1.43. The first-order valence-electron chi connectivity index (χ1n) is 13.4. The smallest absolute Gasteiger partial charge is 0.222 e. The van der Waals surface area contributed by atoms with Crippen LogP contribution in [0.25, 0.3) is 11.4 Å². The lowest BCUT2D eigenvalue weighted by molar-refractivity contribution is 0.0869. The monoisotopic (exact) mass is 487 g/mol. The van der Waals surface area contributed by atoms with Crippen LogP contribution in [0.15, 0.2) is 42.5 Å². The third kappa shape index (κ3) is 5.63. The van der Waals surface area contributed by atoms with Gasteiger partial charge in [-0.3, -0.25) is 4.90 Å². The van der Waals surface area contributed by atoms with E-state index in [4.69, 9.17) is 19.4 Å². The maximum absolute atomic E-state index is 6.43. The largest absolute Gasteiger partial charge is 0.472 e. The summed E-state index contributed by atoms with van der Waals surface area (Å²) in [6.45, 7) is 9.74. The lowest BCUT2D eigenvalue weighted by atomic mass is 9.87. The first kappa shape index (κ1) is 26.3. The fraction of sp³-hybridized carbons (Fsp3) is 0.484. The molecule has 192 valence electrons. The quantitative estimate of drug-likeness (QED) is 0.327. The Labute approximate surface area is 216 Å². The van der Waals surface area contributed by atoms with E-state index in [2.05, 4.69) is 75.2 Å². The molecule has 3 aromatic rings. The summed E-state index contributed by atoms with van der Waals surface area (Å²) < 4.78 is 11.8. The van der Waals surface area contributed by atoms with Crippen molar-refractivity contribution in [2.45, 2.75) is 78.5 Å². The Morgan fingerprint density at radius 3 is 2.44 bits per heavy atom. The van der Waals surface area contributed by atoms with Crippen molar-refractivity contribution in [3.8, 4) is 17.3 Å². The Kier molecular flexibility index (Phi) is 8.76. The molecule has 1 aliphatic carbocycles. The predicted octanol–water partition coefficient (Wildman–Crippen LogP) is 6.50. The van der Waals surface area contributed by atoms with Crippen LogP contribution in [0, 0.1) is 6.92 Å². The molecule has 1 heterocycles. The van der Waals surface area contributed by atoms with Crippen LogP contribution >= 0.6 is 0 Å². The van der Waals surface area contributed by atoms with Crippen molar-refractivity contribution in [3.63, 3.8) is 0 Å². The molecule has 0 aliphatic heterocycles. The molecular weight excluding hydrogens is 446 g/mol. The van der Waals surface area contributed by atoms with Crippen LogP contribution in [0.4, 0.5) is 0 Å². The second-order valence-corrected chi connectivity index (χ2v) is 9.98. The van der Waals surface area contributed by atoms with Crippen LogP contribution < -0.4 is 4.74 Å². The van der Waals surface area contributed by atoms with E-state index in [9.17, 15) is 0 Å². The molecule has 5 nitrogen and oxygen atoms in total. The van der Waals surface area contributed by atoms with Gasteiger partial charge in [0, 0.05) is 36.5 Å². The summed E-state index contributed by atoms with van der Waals surface area (Å²) in [6, 6.07) is 15.8. The molecule has 1 aliphatic rings. The molecule has 36 heavy (non-hydrogen) atoms. The highest BCUT2D eigenvalue weighted by Crippen LogP contribution is 2.36. The van der Waals surface area contributed by atoms with Gasteiger partial charge < -0.3 is 9.47 Å². The van der Waals surface area contributed by atoms with E-state index in [-0.39, 0.29) is 6.10 Å². The highest BCUT2D eigenvalue weighted by Gasteiger charge is 2.26. The van der Waals surface area contributed by atoms with E-state index in [1.807, 2.05) is 6.92 Å². The molecule has 2 aromatic carbocycles. The summed E-state index contributed by atoms with van der Waals surface area (Å²) >= 11 is 0. The van der Waals surface area contributed by atoms with Crippen LogP contribution in [0.3, 0.4) is 0 Å². The third-order valence-corrected chi connectivity index (χ3v) is 7.39. The van der Waals surface area contributed by atoms with Gasteiger partial charge in [0.1, 0.15) is 6.10 Å². The average molecular weight is 488 g/mol. The summed E-state index contributed by atoms with van der Waals surface area (Å²) in [5, 5.41) is 0. The fourth-order valence-corrected chi connectivity index (χ4v) is 5.50. The molecule has 0 saturated heterocycles. The molecule has 0 N–H and O–H groups in total. The summed E-state index contributed by atoms with van der Waals surface area (Å²) in [4.78, 5) is 12.6. The summed E-state index contributed by atoms with van der Waals surface area (Å²) in [7, 11) is 3.92. The molecule has 1 unspecified atom stereocenters. The van der Waals surface area contributed by atoms with Gasteiger partial charge in [-0.1, -0.05) is 56.3 Å². The number of aromatic nitrogens is 2. The second kappa shape index (κ2) is 12.0. The molecule has 4 rings (SSSR count). The highest BCUT2D eigenvalue weighted by atomic mass is 16.5. The Balaban J connectivity index is 1.74. The van der Waals surface area contributed by atoms with E-state index in [0.29, 0.717) is 18.5 Å². The average Bonchev–Trinajstić information content (AvgIpc) is 2.89. The molecule has 0 bridgehead atoms. The van der Waals surface area contributed by atoms with Crippen molar-refractivity contribution in [2.75, 3.05) is 20.8 Å². The van der Waals surface area contributed by atoms with Gasteiger partial charge in [-0.15, -0.1) is 0 Å². The number of hydrogen-bond acceptors (Lipinski definition) is 5. The van der Waals surface area contributed by atoms with Crippen LogP contribution in [-0.4, -0.2) is 41.7 Å². The van der Waals surface area contributed by atoms with E-state index in [1.165, 1.54) is 28.7 Å². The number of hydrogen-bond donors (Lipinski definition) is 0. The molecular formula is C31H41N3O2. The van der Waals surface area contributed by atoms with Crippen molar-refractivity contribution in [2.24, 2.45) is 0 Å². The molecule has 0 saturated carbocycles. The lowest BCUT2D eigenvalue weighted by Crippen LogP contribution is -2.29. The SMILES string of the molecule is CCc1cccc(CC)c1-c1nc(C)c(CN(C)C2CCCc3ccccc32)c(O[C@@H](C)COC)n1. The molecule has 2 atom stereocenters. The van der Waals surface area contributed by atoms with Gasteiger partial charge in [-0.25, -0.2) is 4.98 Å². The van der Waals surface area contributed by atoms with Gasteiger partial charge in [-0.2, -0.15) is 4.98 Å². The van der Waals surface area contributed by atoms with Gasteiger partial charge >= 0.3 is 0 Å². The number of nitrogens with zero attached hydrogens (tertiary/aromatic N) is 3. The van der Waals surface area contributed by atoms with Crippen molar-refractivity contribution in [3.05, 3.63) is 76.0 Å². The van der Waals surface area contributed by atoms with Crippen LogP contribution in [0.2, 0.25) is 0 Å². The minimum absolute atomic E-state index is 0.108. The number of rotatable bonds is 10. The van der Waals surface area contributed by atoms with Crippen molar-refractivity contribution >= 4 is 0 Å². The first-order valence-corrected chi connectivity index (χ1v) is 13.4. The minimum Gasteiger partial charge on any atom is -0.472 e. The Morgan fingerprint density at radius 1 is 1.03 bits per heavy atom. The van der Waals surface area contributed by atoms with Crippen molar-refractivity contribution in [1.29, 1.82) is 0 Å². The van der Waals surface area contributed by atoms with Crippen LogP contribution in [-0.2, 0) is 30.5 Å². The van der Waals surface area contributed by atoms with Gasteiger partial charge in [0.2, 0.25) is 5.88 Å². The number of aryl methyl sites for hydroxylation is 4. The van der Waals surface area contributed by atoms with Gasteiger partial charge in [-0.05, 0) is 75.3 Å². The van der Waals surface area contributed by atoms with E-state index < -0.39 is 0 Å². The lowest BCUT2D eigenvalue weighted by Gasteiger charge is -2.34. The Bertz CT molecular complexity index is 1150. The molecule has 1 aromatic heterocycles. The molecule has 0 spiro atoms. The Morgan fingerprint density at radius 2 is 1.75 bits per heavy atom. The van der Waals surface area contributed by atoms with Gasteiger partial charge in [0.25, 0.3) is 0 Å². The minimum atomic E-state index is -0.108. The summed E-state index contributed by atoms with van der Waals surface area (Å²) in [5.41, 5.74) is 8.64. The molecule has 5 heteroatoms. The van der Waals surface area contributed by atoms with Crippen LogP contribution in [0.1, 0.15) is 73.2 Å². The molecule has 0 radical (unpaired) electrons. The Hall–Kier alpha value is -2.76. The zero-order chi connectivity index (χ0) is 25.7. The van der Waals surface area contributed by atoms with Gasteiger partial charge in [0.15, 0.2) is 5.82 Å². The third-order valence-electron chi connectivity index (χ3n) is 7.39. The zero-order valence-electron chi connectivity index (χ0n) is 22.8. The first-order chi connectivity index (χ1) is 17.5. The highest BCUT2D eigenvalue weighted by molar-refractivity contribution is 5.66. The second-order valence-electron chi connectivity index (χ2n) is 9.98.